The average molecular weight is 293 g/mol. The van der Waals surface area contributed by atoms with E-state index >= 15 is 0 Å². The Balaban J connectivity index is 2.55. The number of hydrogen-bond acceptors (Lipinski definition) is 3. The molecule has 0 heterocycles. The van der Waals surface area contributed by atoms with Crippen LogP contribution in [0.3, 0.4) is 0 Å². The second-order valence-corrected chi connectivity index (χ2v) is 5.53. The number of thioether (sulfide) groups is 1. The number of rotatable bonds is 7. The molecule has 1 N–H and O–H groups in total. The Labute approximate surface area is 123 Å². The molecule has 1 amide bonds. The second kappa shape index (κ2) is 7.75. The van der Waals surface area contributed by atoms with E-state index in [9.17, 15) is 9.59 Å². The minimum absolute atomic E-state index is 0.0582. The molecule has 1 aromatic carbocycles. The first-order valence-corrected chi connectivity index (χ1v) is 7.31. The molecule has 5 heteroatoms. The van der Waals surface area contributed by atoms with Gasteiger partial charge >= 0.3 is 5.97 Å². The zero-order chi connectivity index (χ0) is 15.1. The summed E-state index contributed by atoms with van der Waals surface area (Å²) in [4.78, 5) is 25.4. The third kappa shape index (κ3) is 5.09. The highest BCUT2D eigenvalue weighted by Crippen LogP contribution is 2.19. The third-order valence-corrected chi connectivity index (χ3v) is 3.66. The summed E-state index contributed by atoms with van der Waals surface area (Å²) in [6.45, 7) is 8.88. The summed E-state index contributed by atoms with van der Waals surface area (Å²) in [5.41, 5.74) is 1.20. The lowest BCUT2D eigenvalue weighted by Crippen LogP contribution is -2.33. The number of likely N-dealkylation sites (N-methyl/N-ethyl adjacent to an activating group) is 1. The van der Waals surface area contributed by atoms with E-state index < -0.39 is 5.97 Å². The highest BCUT2D eigenvalue weighted by Gasteiger charge is 2.12. The van der Waals surface area contributed by atoms with Gasteiger partial charge in [-0.1, -0.05) is 12.2 Å². The number of benzene rings is 1. The molecule has 0 aliphatic heterocycles. The van der Waals surface area contributed by atoms with Crippen molar-refractivity contribution in [2.45, 2.75) is 18.7 Å². The van der Waals surface area contributed by atoms with Crippen LogP contribution in [-0.4, -0.2) is 40.7 Å². The smallest absolute Gasteiger partial charge is 0.335 e. The number of carbonyl (C=O) groups excluding carboxylic acids is 1. The Hall–Kier alpha value is -1.75. The van der Waals surface area contributed by atoms with Gasteiger partial charge in [-0.2, -0.15) is 0 Å². The van der Waals surface area contributed by atoms with Crippen LogP contribution in [0.4, 0.5) is 0 Å². The molecule has 0 radical (unpaired) electrons. The molecule has 0 saturated heterocycles. The lowest BCUT2D eigenvalue weighted by Gasteiger charge is -2.20. The summed E-state index contributed by atoms with van der Waals surface area (Å²) in [5, 5.41) is 8.81. The zero-order valence-corrected chi connectivity index (χ0v) is 12.6. The van der Waals surface area contributed by atoms with Gasteiger partial charge in [0.15, 0.2) is 0 Å². The topological polar surface area (TPSA) is 57.6 Å². The predicted octanol–water partition coefficient (Wildman–Crippen LogP) is 2.90. The number of nitrogens with zero attached hydrogens (tertiary/aromatic N) is 1. The van der Waals surface area contributed by atoms with Crippen LogP contribution in [-0.2, 0) is 4.79 Å². The van der Waals surface area contributed by atoms with Gasteiger partial charge in [-0.3, -0.25) is 4.79 Å². The van der Waals surface area contributed by atoms with E-state index in [2.05, 4.69) is 6.58 Å². The molecule has 0 unspecified atom stereocenters. The van der Waals surface area contributed by atoms with Crippen LogP contribution in [0, 0.1) is 0 Å². The molecule has 20 heavy (non-hydrogen) atoms. The fraction of sp³-hybridized carbons (Fsp3) is 0.333. The molecule has 0 spiro atoms. The molecule has 0 saturated carbocycles. The van der Waals surface area contributed by atoms with Crippen molar-refractivity contribution in [3.63, 3.8) is 0 Å². The Morgan fingerprint density at radius 2 is 1.90 bits per heavy atom. The second-order valence-electron chi connectivity index (χ2n) is 4.48. The van der Waals surface area contributed by atoms with E-state index in [1.807, 2.05) is 13.8 Å². The van der Waals surface area contributed by atoms with Crippen molar-refractivity contribution in [2.75, 3.05) is 18.8 Å². The van der Waals surface area contributed by atoms with Gasteiger partial charge in [0, 0.05) is 18.0 Å². The van der Waals surface area contributed by atoms with Gasteiger partial charge in [0.05, 0.1) is 11.3 Å². The van der Waals surface area contributed by atoms with Crippen molar-refractivity contribution in [3.05, 3.63) is 42.0 Å². The number of hydrogen-bond donors (Lipinski definition) is 1. The fourth-order valence-corrected chi connectivity index (χ4v) is 2.43. The highest BCUT2D eigenvalue weighted by molar-refractivity contribution is 8.00. The quantitative estimate of drug-likeness (QED) is 0.620. The van der Waals surface area contributed by atoms with Gasteiger partial charge in [0.2, 0.25) is 5.91 Å². The number of aromatic carboxylic acids is 1. The van der Waals surface area contributed by atoms with E-state index in [0.717, 1.165) is 10.5 Å². The monoisotopic (exact) mass is 293 g/mol. The standard InChI is InChI=1S/C15H19NO3S/c1-4-16(9-11(2)3)14(17)10-20-13-7-5-12(6-8-13)15(18)19/h5-8H,2,4,9-10H2,1,3H3,(H,18,19). The van der Waals surface area contributed by atoms with Gasteiger partial charge < -0.3 is 10.0 Å². The van der Waals surface area contributed by atoms with Crippen LogP contribution in [0.15, 0.2) is 41.3 Å². The summed E-state index contributed by atoms with van der Waals surface area (Å²) in [7, 11) is 0. The van der Waals surface area contributed by atoms with Gasteiger partial charge in [-0.25, -0.2) is 4.79 Å². The van der Waals surface area contributed by atoms with Crippen molar-refractivity contribution in [1.29, 1.82) is 0 Å². The number of carboxylic acids is 1. The maximum atomic E-state index is 12.0. The van der Waals surface area contributed by atoms with E-state index in [-0.39, 0.29) is 11.5 Å². The largest absolute Gasteiger partial charge is 0.478 e. The van der Waals surface area contributed by atoms with Crippen LogP contribution in [0.5, 0.6) is 0 Å². The van der Waals surface area contributed by atoms with Crippen molar-refractivity contribution in [3.8, 4) is 0 Å². The van der Waals surface area contributed by atoms with Gasteiger partial charge in [-0.15, -0.1) is 11.8 Å². The summed E-state index contributed by atoms with van der Waals surface area (Å²) in [6, 6.07) is 6.52. The van der Waals surface area contributed by atoms with Crippen LogP contribution >= 0.6 is 11.8 Å². The SMILES string of the molecule is C=C(C)CN(CC)C(=O)CSc1ccc(C(=O)O)cc1. The number of amides is 1. The first kappa shape index (κ1) is 16.3. The minimum atomic E-state index is -0.948. The van der Waals surface area contributed by atoms with E-state index in [4.69, 9.17) is 5.11 Å². The first-order chi connectivity index (χ1) is 9.43. The lowest BCUT2D eigenvalue weighted by atomic mass is 10.2. The Morgan fingerprint density at radius 1 is 1.30 bits per heavy atom. The van der Waals surface area contributed by atoms with Crippen LogP contribution < -0.4 is 0 Å². The molecule has 1 aromatic rings. The van der Waals surface area contributed by atoms with Crippen molar-refractivity contribution >= 4 is 23.6 Å². The van der Waals surface area contributed by atoms with Crippen molar-refractivity contribution in [2.24, 2.45) is 0 Å². The molecule has 1 rings (SSSR count). The predicted molar refractivity (Wildman–Crippen MR) is 81.2 cm³/mol. The highest BCUT2D eigenvalue weighted by atomic mass is 32.2. The average Bonchev–Trinajstić information content (AvgIpc) is 2.42. The van der Waals surface area contributed by atoms with Gasteiger partial charge in [0.25, 0.3) is 0 Å². The molecular formula is C15H19NO3S. The fourth-order valence-electron chi connectivity index (χ4n) is 1.63. The summed E-state index contributed by atoms with van der Waals surface area (Å²) < 4.78 is 0. The molecule has 0 atom stereocenters. The molecule has 108 valence electrons. The Kier molecular flexibility index (Phi) is 6.31. The molecule has 0 bridgehead atoms. The maximum absolute atomic E-state index is 12.0. The zero-order valence-electron chi connectivity index (χ0n) is 11.8. The van der Waals surface area contributed by atoms with Crippen LogP contribution in [0.25, 0.3) is 0 Å². The van der Waals surface area contributed by atoms with Crippen molar-refractivity contribution < 1.29 is 14.7 Å². The van der Waals surface area contributed by atoms with E-state index in [1.54, 1.807) is 29.2 Å². The molecule has 4 nitrogen and oxygen atoms in total. The molecule has 0 aromatic heterocycles. The van der Waals surface area contributed by atoms with Gasteiger partial charge in [0.1, 0.15) is 0 Å². The van der Waals surface area contributed by atoms with Crippen molar-refractivity contribution in [1.82, 2.24) is 4.90 Å². The maximum Gasteiger partial charge on any atom is 0.335 e. The first-order valence-electron chi connectivity index (χ1n) is 6.32. The third-order valence-electron chi connectivity index (χ3n) is 2.66. The normalized spacial score (nSPS) is 10.1. The summed E-state index contributed by atoms with van der Waals surface area (Å²) in [5.74, 6) is -0.549. The van der Waals surface area contributed by atoms with Crippen LogP contribution in [0.1, 0.15) is 24.2 Å². The Morgan fingerprint density at radius 3 is 2.35 bits per heavy atom. The van der Waals surface area contributed by atoms with E-state index in [0.29, 0.717) is 18.8 Å². The number of carbonyl (C=O) groups is 2. The van der Waals surface area contributed by atoms with Gasteiger partial charge in [-0.05, 0) is 38.1 Å². The Bertz CT molecular complexity index is 496. The molecule has 0 aliphatic rings. The summed E-state index contributed by atoms with van der Waals surface area (Å²) in [6.07, 6.45) is 0. The van der Waals surface area contributed by atoms with Crippen LogP contribution in [0.2, 0.25) is 0 Å². The summed E-state index contributed by atoms with van der Waals surface area (Å²) >= 11 is 1.41. The molecule has 0 aliphatic carbocycles. The molecule has 0 fully saturated rings. The molecular weight excluding hydrogens is 274 g/mol. The minimum Gasteiger partial charge on any atom is -0.478 e. The number of carboxylic acid groups (broad SMARTS) is 1. The lowest BCUT2D eigenvalue weighted by molar-refractivity contribution is -0.127. The van der Waals surface area contributed by atoms with E-state index in [1.165, 1.54) is 11.8 Å².